The van der Waals surface area contributed by atoms with E-state index in [4.69, 9.17) is 4.42 Å². The lowest BCUT2D eigenvalue weighted by molar-refractivity contribution is 0.102. The number of hydrogen-bond donors (Lipinski definition) is 1. The Balaban J connectivity index is 1.83. The molecule has 3 aromatic rings. The summed E-state index contributed by atoms with van der Waals surface area (Å²) in [7, 11) is -3.42. The SMILES string of the molecule is CS(=O)(=O)c1cccc(-c2nnc(NC(=O)c3ccc(F)cc3F)o2)c1. The van der Waals surface area contributed by atoms with Gasteiger partial charge in [0.05, 0.1) is 10.5 Å². The molecule has 0 unspecified atom stereocenters. The van der Waals surface area contributed by atoms with Crippen molar-refractivity contribution in [1.82, 2.24) is 10.2 Å². The Bertz CT molecular complexity index is 1100. The number of sulfone groups is 1. The van der Waals surface area contributed by atoms with Crippen LogP contribution in [0.25, 0.3) is 11.5 Å². The van der Waals surface area contributed by atoms with Gasteiger partial charge in [-0.3, -0.25) is 10.1 Å². The number of carbonyl (C=O) groups is 1. The predicted molar refractivity (Wildman–Crippen MR) is 87.2 cm³/mol. The fraction of sp³-hybridized carbons (Fsp3) is 0.0625. The van der Waals surface area contributed by atoms with Crippen LogP contribution >= 0.6 is 0 Å². The summed E-state index contributed by atoms with van der Waals surface area (Å²) in [6, 6.07) is 7.98. The third-order valence-electron chi connectivity index (χ3n) is 3.33. The lowest BCUT2D eigenvalue weighted by Gasteiger charge is -2.02. The molecule has 0 saturated heterocycles. The van der Waals surface area contributed by atoms with Gasteiger partial charge in [-0.15, -0.1) is 5.10 Å². The van der Waals surface area contributed by atoms with Crippen LogP contribution in [-0.2, 0) is 9.84 Å². The van der Waals surface area contributed by atoms with E-state index in [1.165, 1.54) is 18.2 Å². The number of nitrogens with one attached hydrogen (secondary N) is 1. The van der Waals surface area contributed by atoms with Crippen molar-refractivity contribution < 1.29 is 26.4 Å². The Morgan fingerprint density at radius 2 is 1.88 bits per heavy atom. The molecular formula is C16H11F2N3O4S. The first-order chi connectivity index (χ1) is 12.2. The molecule has 1 heterocycles. The van der Waals surface area contributed by atoms with Crippen LogP contribution in [0.15, 0.2) is 51.8 Å². The van der Waals surface area contributed by atoms with Gasteiger partial charge in [0.1, 0.15) is 11.6 Å². The Kier molecular flexibility index (Phi) is 4.51. The highest BCUT2D eigenvalue weighted by Gasteiger charge is 2.17. The van der Waals surface area contributed by atoms with Crippen LogP contribution in [0.4, 0.5) is 14.8 Å². The van der Waals surface area contributed by atoms with Crippen LogP contribution in [0, 0.1) is 11.6 Å². The lowest BCUT2D eigenvalue weighted by atomic mass is 10.2. The molecular weight excluding hydrogens is 368 g/mol. The van der Waals surface area contributed by atoms with Crippen molar-refractivity contribution >= 4 is 21.8 Å². The molecule has 3 rings (SSSR count). The van der Waals surface area contributed by atoms with Gasteiger partial charge in [-0.1, -0.05) is 11.2 Å². The topological polar surface area (TPSA) is 102 Å². The van der Waals surface area contributed by atoms with E-state index >= 15 is 0 Å². The molecule has 1 N–H and O–H groups in total. The molecule has 7 nitrogen and oxygen atoms in total. The Labute approximate surface area is 146 Å². The van der Waals surface area contributed by atoms with Crippen LogP contribution in [0.3, 0.4) is 0 Å². The van der Waals surface area contributed by atoms with Gasteiger partial charge in [-0.25, -0.2) is 17.2 Å². The number of halogens is 2. The van der Waals surface area contributed by atoms with Gasteiger partial charge in [0.25, 0.3) is 5.91 Å². The normalized spacial score (nSPS) is 11.3. The summed E-state index contributed by atoms with van der Waals surface area (Å²) in [5.41, 5.74) is -0.0703. The zero-order valence-electron chi connectivity index (χ0n) is 13.2. The number of anilines is 1. The first-order valence-corrected chi connectivity index (χ1v) is 9.03. The largest absolute Gasteiger partial charge is 0.403 e. The number of nitrogens with zero attached hydrogens (tertiary/aromatic N) is 2. The van der Waals surface area contributed by atoms with E-state index in [0.717, 1.165) is 18.4 Å². The van der Waals surface area contributed by atoms with Crippen molar-refractivity contribution in [1.29, 1.82) is 0 Å². The van der Waals surface area contributed by atoms with E-state index in [1.807, 2.05) is 0 Å². The molecule has 0 bridgehead atoms. The first kappa shape index (κ1) is 17.7. The monoisotopic (exact) mass is 379 g/mol. The molecule has 2 aromatic carbocycles. The van der Waals surface area contributed by atoms with Gasteiger partial charge in [0.2, 0.25) is 5.89 Å². The minimum Gasteiger partial charge on any atom is -0.403 e. The maximum atomic E-state index is 13.6. The molecule has 26 heavy (non-hydrogen) atoms. The van der Waals surface area contributed by atoms with Crippen LogP contribution in [-0.4, -0.2) is 30.8 Å². The summed E-state index contributed by atoms with van der Waals surface area (Å²) in [6.45, 7) is 0. The molecule has 0 fully saturated rings. The molecule has 1 aromatic heterocycles. The van der Waals surface area contributed by atoms with Crippen LogP contribution in [0.2, 0.25) is 0 Å². The van der Waals surface area contributed by atoms with E-state index in [-0.39, 0.29) is 16.8 Å². The third kappa shape index (κ3) is 3.75. The third-order valence-corrected chi connectivity index (χ3v) is 4.44. The second-order valence-electron chi connectivity index (χ2n) is 5.29. The average Bonchev–Trinajstić information content (AvgIpc) is 3.02. The number of carbonyl (C=O) groups excluding carboxylic acids is 1. The number of aromatic nitrogens is 2. The maximum Gasteiger partial charge on any atom is 0.322 e. The fourth-order valence-electron chi connectivity index (χ4n) is 2.09. The molecule has 1 amide bonds. The molecule has 0 saturated carbocycles. The highest BCUT2D eigenvalue weighted by atomic mass is 32.2. The number of rotatable bonds is 4. The molecule has 0 spiro atoms. The van der Waals surface area contributed by atoms with Crippen molar-refractivity contribution in [3.05, 3.63) is 59.7 Å². The minimum absolute atomic E-state index is 0.0367. The number of hydrogen-bond acceptors (Lipinski definition) is 6. The fourth-order valence-corrected chi connectivity index (χ4v) is 2.76. The first-order valence-electron chi connectivity index (χ1n) is 7.14. The van der Waals surface area contributed by atoms with E-state index in [1.54, 1.807) is 6.07 Å². The molecule has 0 aliphatic rings. The molecule has 0 aliphatic heterocycles. The number of amides is 1. The van der Waals surface area contributed by atoms with Gasteiger partial charge < -0.3 is 4.42 Å². The molecule has 134 valence electrons. The van der Waals surface area contributed by atoms with Gasteiger partial charge in [0, 0.05) is 17.9 Å². The second-order valence-corrected chi connectivity index (χ2v) is 7.31. The smallest absolute Gasteiger partial charge is 0.322 e. The zero-order chi connectivity index (χ0) is 18.9. The highest BCUT2D eigenvalue weighted by Crippen LogP contribution is 2.23. The molecule has 0 atom stereocenters. The van der Waals surface area contributed by atoms with E-state index < -0.39 is 32.9 Å². The Morgan fingerprint density at radius 1 is 1.12 bits per heavy atom. The van der Waals surface area contributed by atoms with Gasteiger partial charge in [0.15, 0.2) is 9.84 Å². The maximum absolute atomic E-state index is 13.6. The van der Waals surface area contributed by atoms with Gasteiger partial charge >= 0.3 is 6.01 Å². The summed E-state index contributed by atoms with van der Waals surface area (Å²) < 4.78 is 54.9. The second kappa shape index (κ2) is 6.64. The summed E-state index contributed by atoms with van der Waals surface area (Å²) in [6.07, 6.45) is 1.06. The van der Waals surface area contributed by atoms with Crippen LogP contribution < -0.4 is 5.32 Å². The summed E-state index contributed by atoms with van der Waals surface area (Å²) in [5, 5.41) is 9.51. The lowest BCUT2D eigenvalue weighted by Crippen LogP contribution is -2.14. The van der Waals surface area contributed by atoms with Crippen molar-refractivity contribution in [2.75, 3.05) is 11.6 Å². The summed E-state index contributed by atoms with van der Waals surface area (Å²) in [5.74, 6) is -2.79. The highest BCUT2D eigenvalue weighted by molar-refractivity contribution is 7.90. The van der Waals surface area contributed by atoms with Crippen molar-refractivity contribution in [2.45, 2.75) is 4.90 Å². The van der Waals surface area contributed by atoms with E-state index in [9.17, 15) is 22.0 Å². The van der Waals surface area contributed by atoms with Crippen molar-refractivity contribution in [3.63, 3.8) is 0 Å². The molecule has 0 aliphatic carbocycles. The zero-order valence-corrected chi connectivity index (χ0v) is 14.0. The van der Waals surface area contributed by atoms with Crippen molar-refractivity contribution in [3.8, 4) is 11.5 Å². The van der Waals surface area contributed by atoms with Crippen molar-refractivity contribution in [2.24, 2.45) is 0 Å². The Hall–Kier alpha value is -3.14. The van der Waals surface area contributed by atoms with Gasteiger partial charge in [-0.2, -0.15) is 0 Å². The summed E-state index contributed by atoms with van der Waals surface area (Å²) >= 11 is 0. The van der Waals surface area contributed by atoms with E-state index in [0.29, 0.717) is 11.6 Å². The summed E-state index contributed by atoms with van der Waals surface area (Å²) in [4.78, 5) is 12.1. The van der Waals surface area contributed by atoms with E-state index in [2.05, 4.69) is 15.5 Å². The predicted octanol–water partition coefficient (Wildman–Crippen LogP) is 2.67. The van der Waals surface area contributed by atoms with Gasteiger partial charge in [-0.05, 0) is 30.3 Å². The molecule has 0 radical (unpaired) electrons. The molecule has 10 heteroatoms. The standard InChI is InChI=1S/C16H11F2N3O4S/c1-26(23,24)11-4-2-3-9(7-11)15-20-21-16(25-15)19-14(22)12-6-5-10(17)8-13(12)18/h2-8H,1H3,(H,19,21,22). The van der Waals surface area contributed by atoms with Crippen LogP contribution in [0.5, 0.6) is 0 Å². The quantitative estimate of drug-likeness (QED) is 0.748. The minimum atomic E-state index is -3.42. The van der Waals surface area contributed by atoms with Crippen LogP contribution in [0.1, 0.15) is 10.4 Å². The average molecular weight is 379 g/mol. The number of benzene rings is 2. The Morgan fingerprint density at radius 3 is 2.58 bits per heavy atom.